The molecule has 0 aliphatic heterocycles. The Kier molecular flexibility index (Phi) is 6.68. The third-order valence-corrected chi connectivity index (χ3v) is 5.59. The quantitative estimate of drug-likeness (QED) is 0.562. The average molecular weight is 398 g/mol. The van der Waals surface area contributed by atoms with Crippen LogP contribution in [-0.2, 0) is 17.6 Å². The van der Waals surface area contributed by atoms with E-state index in [1.54, 1.807) is 13.2 Å². The van der Waals surface area contributed by atoms with Gasteiger partial charge < -0.3 is 19.3 Å². The maximum atomic E-state index is 11.8. The maximum absolute atomic E-state index is 11.8. The zero-order valence-corrected chi connectivity index (χ0v) is 17.7. The summed E-state index contributed by atoms with van der Waals surface area (Å²) in [6.45, 7) is 3.67. The molecule has 1 atom stereocenters. The number of rotatable bonds is 3. The summed E-state index contributed by atoms with van der Waals surface area (Å²) >= 11 is 0. The first kappa shape index (κ1) is 21.0. The van der Waals surface area contributed by atoms with Crippen LogP contribution in [0.15, 0.2) is 24.3 Å². The van der Waals surface area contributed by atoms with Crippen LogP contribution in [0.25, 0.3) is 11.1 Å². The van der Waals surface area contributed by atoms with Crippen LogP contribution in [0.3, 0.4) is 0 Å². The number of hydrogen-bond acceptors (Lipinski definition) is 5. The molecule has 2 aromatic rings. The molecule has 2 aromatic carbocycles. The molecule has 1 aliphatic rings. The molecule has 0 saturated carbocycles. The molecular weight excluding hydrogens is 368 g/mol. The topological polar surface area (TPSA) is 65.0 Å². The predicted octanol–water partition coefficient (Wildman–Crippen LogP) is 5.30. The summed E-state index contributed by atoms with van der Waals surface area (Å²) in [5, 5.41) is 10.6. The van der Waals surface area contributed by atoms with Crippen molar-refractivity contribution in [3.05, 3.63) is 35.4 Å². The van der Waals surface area contributed by atoms with Gasteiger partial charge in [-0.25, -0.2) is 0 Å². The Hall–Kier alpha value is -2.69. The first-order valence-corrected chi connectivity index (χ1v) is 10.2. The lowest BCUT2D eigenvalue weighted by Crippen LogP contribution is -2.08. The molecular formula is C24H30O5. The Morgan fingerprint density at radius 2 is 1.72 bits per heavy atom. The highest BCUT2D eigenvalue weighted by atomic mass is 16.6. The van der Waals surface area contributed by atoms with Crippen LogP contribution in [0.5, 0.6) is 23.0 Å². The minimum absolute atomic E-state index is 0.184. The van der Waals surface area contributed by atoms with Crippen LogP contribution in [-0.4, -0.2) is 25.3 Å². The van der Waals surface area contributed by atoms with E-state index in [0.717, 1.165) is 49.7 Å². The number of ether oxygens (including phenoxy) is 3. The van der Waals surface area contributed by atoms with Gasteiger partial charge in [-0.3, -0.25) is 4.79 Å². The van der Waals surface area contributed by atoms with Crippen molar-refractivity contribution in [3.8, 4) is 34.1 Å². The molecule has 3 rings (SSSR count). The molecule has 4 bridgehead atoms. The Labute approximate surface area is 172 Å². The first-order chi connectivity index (χ1) is 13.9. The van der Waals surface area contributed by atoms with Gasteiger partial charge in [-0.1, -0.05) is 25.8 Å². The standard InChI is InChI=1S/C24H30O5/c1-15-7-5-6-8-18-14-20(19-13-17(10-9-15)11-12-21(19)26)23(27-3)24(28-4)22(18)29-16(2)25/h11-15,26H,5-10H2,1-4H3. The maximum Gasteiger partial charge on any atom is 0.308 e. The lowest BCUT2D eigenvalue weighted by molar-refractivity contribution is -0.132. The number of carbonyl (C=O) groups is 1. The Morgan fingerprint density at radius 3 is 2.41 bits per heavy atom. The number of carbonyl (C=O) groups excluding carboxylic acids is 1. The number of methoxy groups -OCH3 is 2. The van der Waals surface area contributed by atoms with E-state index in [0.29, 0.717) is 28.7 Å². The Morgan fingerprint density at radius 1 is 0.966 bits per heavy atom. The third-order valence-electron chi connectivity index (χ3n) is 5.59. The van der Waals surface area contributed by atoms with E-state index in [1.165, 1.54) is 19.6 Å². The fourth-order valence-electron chi connectivity index (χ4n) is 4.03. The fraction of sp³-hybridized carbons (Fsp3) is 0.458. The van der Waals surface area contributed by atoms with Gasteiger partial charge in [-0.2, -0.15) is 0 Å². The minimum Gasteiger partial charge on any atom is -0.507 e. The van der Waals surface area contributed by atoms with Crippen molar-refractivity contribution >= 4 is 5.97 Å². The molecule has 0 fully saturated rings. The number of fused-ring (bicyclic) bond motifs is 5. The van der Waals surface area contributed by atoms with Gasteiger partial charge in [-0.05, 0) is 60.9 Å². The fourth-order valence-corrected chi connectivity index (χ4v) is 4.03. The number of phenolic OH excluding ortho intramolecular Hbond substituents is 1. The van der Waals surface area contributed by atoms with Crippen molar-refractivity contribution in [2.24, 2.45) is 5.92 Å². The summed E-state index contributed by atoms with van der Waals surface area (Å²) in [4.78, 5) is 11.8. The number of phenols is 1. The summed E-state index contributed by atoms with van der Waals surface area (Å²) in [6, 6.07) is 7.69. The van der Waals surface area contributed by atoms with Crippen molar-refractivity contribution in [2.75, 3.05) is 14.2 Å². The van der Waals surface area contributed by atoms with Crippen molar-refractivity contribution in [3.63, 3.8) is 0 Å². The van der Waals surface area contributed by atoms with E-state index >= 15 is 0 Å². The van der Waals surface area contributed by atoms with Crippen molar-refractivity contribution in [2.45, 2.75) is 52.4 Å². The second-order valence-corrected chi connectivity index (χ2v) is 7.81. The van der Waals surface area contributed by atoms with E-state index in [-0.39, 0.29) is 5.75 Å². The van der Waals surface area contributed by atoms with Gasteiger partial charge in [0, 0.05) is 18.1 Å². The highest BCUT2D eigenvalue weighted by molar-refractivity contribution is 5.83. The molecule has 156 valence electrons. The Balaban J connectivity index is 2.26. The van der Waals surface area contributed by atoms with Crippen LogP contribution in [0.4, 0.5) is 0 Å². The van der Waals surface area contributed by atoms with E-state index in [2.05, 4.69) is 6.92 Å². The van der Waals surface area contributed by atoms with E-state index in [4.69, 9.17) is 14.2 Å². The molecule has 1 N–H and O–H groups in total. The zero-order valence-electron chi connectivity index (χ0n) is 17.7. The van der Waals surface area contributed by atoms with Crippen LogP contribution in [0.2, 0.25) is 0 Å². The monoisotopic (exact) mass is 398 g/mol. The van der Waals surface area contributed by atoms with E-state index in [1.807, 2.05) is 18.2 Å². The average Bonchev–Trinajstić information content (AvgIpc) is 2.70. The molecule has 1 aliphatic carbocycles. The largest absolute Gasteiger partial charge is 0.507 e. The number of aromatic hydroxyl groups is 1. The number of hydrogen-bond donors (Lipinski definition) is 1. The summed E-state index contributed by atoms with van der Waals surface area (Å²) in [7, 11) is 3.08. The highest BCUT2D eigenvalue weighted by Crippen LogP contribution is 2.49. The minimum atomic E-state index is -0.407. The molecule has 0 heterocycles. The highest BCUT2D eigenvalue weighted by Gasteiger charge is 2.25. The van der Waals surface area contributed by atoms with Gasteiger partial charge in [0.25, 0.3) is 0 Å². The van der Waals surface area contributed by atoms with Crippen LogP contribution in [0.1, 0.15) is 50.7 Å². The van der Waals surface area contributed by atoms with Crippen LogP contribution in [0, 0.1) is 5.92 Å². The normalized spacial score (nSPS) is 16.8. The molecule has 0 radical (unpaired) electrons. The smallest absolute Gasteiger partial charge is 0.308 e. The number of aryl methyl sites for hydroxylation is 2. The molecule has 5 nitrogen and oxygen atoms in total. The van der Waals surface area contributed by atoms with Gasteiger partial charge >= 0.3 is 5.97 Å². The number of esters is 1. The van der Waals surface area contributed by atoms with Crippen molar-refractivity contribution < 1.29 is 24.1 Å². The molecule has 0 aromatic heterocycles. The summed E-state index contributed by atoms with van der Waals surface area (Å²) in [6.07, 6.45) is 6.08. The van der Waals surface area contributed by atoms with Crippen molar-refractivity contribution in [1.29, 1.82) is 0 Å². The lowest BCUT2D eigenvalue weighted by atomic mass is 9.94. The molecule has 29 heavy (non-hydrogen) atoms. The van der Waals surface area contributed by atoms with Gasteiger partial charge in [0.2, 0.25) is 5.75 Å². The third kappa shape index (κ3) is 4.66. The van der Waals surface area contributed by atoms with Crippen LogP contribution >= 0.6 is 0 Å². The second-order valence-electron chi connectivity index (χ2n) is 7.81. The van der Waals surface area contributed by atoms with Gasteiger partial charge in [0.1, 0.15) is 5.75 Å². The molecule has 1 unspecified atom stereocenters. The van der Waals surface area contributed by atoms with Crippen molar-refractivity contribution in [1.82, 2.24) is 0 Å². The van der Waals surface area contributed by atoms with Crippen LogP contribution < -0.4 is 14.2 Å². The van der Waals surface area contributed by atoms with Gasteiger partial charge in [0.05, 0.1) is 14.2 Å². The van der Waals surface area contributed by atoms with E-state index in [9.17, 15) is 9.90 Å². The summed E-state index contributed by atoms with van der Waals surface area (Å²) < 4.78 is 16.8. The second kappa shape index (κ2) is 9.21. The van der Waals surface area contributed by atoms with Gasteiger partial charge in [-0.15, -0.1) is 0 Å². The summed E-state index contributed by atoms with van der Waals surface area (Å²) in [5.74, 6) is 1.64. The molecule has 5 heteroatoms. The Bertz CT molecular complexity index is 887. The lowest BCUT2D eigenvalue weighted by Gasteiger charge is -2.20. The zero-order chi connectivity index (χ0) is 21.0. The SMILES string of the molecule is COc1c2cc(c(OC(C)=O)c1OC)CCCCC(C)CCc1ccc(O)c-2c1. The summed E-state index contributed by atoms with van der Waals surface area (Å²) in [5.41, 5.74) is 3.49. The van der Waals surface area contributed by atoms with E-state index < -0.39 is 5.97 Å². The molecule has 0 saturated heterocycles. The predicted molar refractivity (Wildman–Crippen MR) is 113 cm³/mol. The molecule has 0 amide bonds. The van der Waals surface area contributed by atoms with Gasteiger partial charge in [0.15, 0.2) is 11.5 Å². The molecule has 0 spiro atoms. The number of benzene rings is 2. The first-order valence-electron chi connectivity index (χ1n) is 10.2.